The maximum Gasteiger partial charge on any atom is 0.328 e. The molecule has 0 unspecified atom stereocenters. The molecule has 0 heterocycles. The maximum atomic E-state index is 10.9. The largest absolute Gasteiger partial charge is 0.487 e. The van der Waals surface area contributed by atoms with Gasteiger partial charge in [0.25, 0.3) is 0 Å². The molecule has 1 aromatic carbocycles. The number of benzene rings is 1. The van der Waals surface area contributed by atoms with Crippen LogP contribution in [0.5, 0.6) is 11.5 Å². The van der Waals surface area contributed by atoms with E-state index in [0.717, 1.165) is 11.6 Å². The molecule has 0 aromatic heterocycles. The summed E-state index contributed by atoms with van der Waals surface area (Å²) in [6, 6.07) is 5.40. The van der Waals surface area contributed by atoms with Crippen LogP contribution in [-0.2, 0) is 13.6 Å². The van der Waals surface area contributed by atoms with Gasteiger partial charge in [0.1, 0.15) is 13.2 Å². The monoisotopic (exact) mass is 496 g/mol. The van der Waals surface area contributed by atoms with Crippen molar-refractivity contribution in [3.8, 4) is 11.5 Å². The van der Waals surface area contributed by atoms with Crippen LogP contribution >= 0.6 is 0 Å². The van der Waals surface area contributed by atoms with Gasteiger partial charge in [0.15, 0.2) is 28.1 Å². The van der Waals surface area contributed by atoms with Gasteiger partial charge < -0.3 is 23.4 Å². The van der Waals surface area contributed by atoms with Crippen LogP contribution in [-0.4, -0.2) is 54.1 Å². The Labute approximate surface area is 202 Å². The molecule has 0 saturated heterocycles. The number of hydrogen-bond donors (Lipinski definition) is 1. The standard InChI is InChI=1S/C25H44O6Si2/c1-24(2,3)32(7,8)30-17-15-28-21-13-11-20(12-14-23(26)27)19-22(21)29-16-18-31-33(9,10)25(4,5)6/h11-14,19H,15-18H2,1-10H3,(H,26,27). The molecule has 0 fully saturated rings. The van der Waals surface area contributed by atoms with Crippen molar-refractivity contribution in [2.24, 2.45) is 0 Å². The van der Waals surface area contributed by atoms with Gasteiger partial charge in [0.2, 0.25) is 0 Å². The summed E-state index contributed by atoms with van der Waals surface area (Å²) in [4.78, 5) is 10.9. The third-order valence-electron chi connectivity index (χ3n) is 6.61. The number of rotatable bonds is 12. The second kappa shape index (κ2) is 11.7. The van der Waals surface area contributed by atoms with Gasteiger partial charge in [-0.25, -0.2) is 4.79 Å². The molecule has 6 nitrogen and oxygen atoms in total. The average molecular weight is 497 g/mol. The third-order valence-corrected chi connectivity index (χ3v) is 15.7. The van der Waals surface area contributed by atoms with Crippen molar-refractivity contribution < 1.29 is 28.2 Å². The Morgan fingerprint density at radius 3 is 1.70 bits per heavy atom. The third kappa shape index (κ3) is 9.64. The highest BCUT2D eigenvalue weighted by atomic mass is 28.4. The zero-order valence-corrected chi connectivity index (χ0v) is 24.2. The van der Waals surface area contributed by atoms with E-state index in [1.165, 1.54) is 6.08 Å². The second-order valence-corrected chi connectivity index (χ2v) is 20.9. The molecular weight excluding hydrogens is 452 g/mol. The first-order valence-electron chi connectivity index (χ1n) is 11.5. The minimum atomic E-state index is -1.85. The molecule has 0 bridgehead atoms. The summed E-state index contributed by atoms with van der Waals surface area (Å²) in [5.41, 5.74) is 0.725. The van der Waals surface area contributed by atoms with E-state index < -0.39 is 22.6 Å². The van der Waals surface area contributed by atoms with Gasteiger partial charge in [-0.15, -0.1) is 0 Å². The first-order valence-corrected chi connectivity index (χ1v) is 17.4. The molecule has 33 heavy (non-hydrogen) atoms. The van der Waals surface area contributed by atoms with Crippen LogP contribution in [0.2, 0.25) is 36.3 Å². The summed E-state index contributed by atoms with van der Waals surface area (Å²) in [5.74, 6) is 0.172. The Hall–Kier alpha value is -1.62. The Morgan fingerprint density at radius 1 is 0.818 bits per heavy atom. The molecule has 1 aromatic rings. The minimum Gasteiger partial charge on any atom is -0.487 e. The summed E-state index contributed by atoms with van der Waals surface area (Å²) in [7, 11) is -3.69. The lowest BCUT2D eigenvalue weighted by atomic mass is 10.2. The van der Waals surface area contributed by atoms with Crippen molar-refractivity contribution in [1.29, 1.82) is 0 Å². The quantitative estimate of drug-likeness (QED) is 0.200. The second-order valence-electron chi connectivity index (χ2n) is 11.3. The Bertz CT molecular complexity index is 804. The van der Waals surface area contributed by atoms with Crippen LogP contribution in [0, 0.1) is 0 Å². The van der Waals surface area contributed by atoms with Crippen LogP contribution < -0.4 is 9.47 Å². The average Bonchev–Trinajstić information content (AvgIpc) is 2.66. The van der Waals surface area contributed by atoms with E-state index in [1.807, 2.05) is 6.07 Å². The predicted octanol–water partition coefficient (Wildman–Crippen LogP) is 6.59. The van der Waals surface area contributed by atoms with Crippen LogP contribution in [0.15, 0.2) is 24.3 Å². The molecule has 0 radical (unpaired) electrons. The number of carboxylic acid groups (broad SMARTS) is 1. The van der Waals surface area contributed by atoms with E-state index in [4.69, 9.17) is 23.4 Å². The van der Waals surface area contributed by atoms with Crippen molar-refractivity contribution >= 4 is 28.7 Å². The molecule has 0 aliphatic carbocycles. The highest BCUT2D eigenvalue weighted by molar-refractivity contribution is 6.74. The Morgan fingerprint density at radius 2 is 1.27 bits per heavy atom. The summed E-state index contributed by atoms with van der Waals surface area (Å²) >= 11 is 0. The lowest BCUT2D eigenvalue weighted by Gasteiger charge is -2.36. The number of carbonyl (C=O) groups is 1. The van der Waals surface area contributed by atoms with Crippen molar-refractivity contribution in [3.05, 3.63) is 29.8 Å². The Kier molecular flexibility index (Phi) is 10.4. The fourth-order valence-corrected chi connectivity index (χ4v) is 4.41. The Balaban J connectivity index is 2.83. The van der Waals surface area contributed by atoms with Gasteiger partial charge in [-0.1, -0.05) is 47.6 Å². The van der Waals surface area contributed by atoms with E-state index in [-0.39, 0.29) is 10.1 Å². The van der Waals surface area contributed by atoms with E-state index in [2.05, 4.69) is 67.7 Å². The normalized spacial score (nSPS) is 13.4. The van der Waals surface area contributed by atoms with Crippen molar-refractivity contribution in [2.75, 3.05) is 26.4 Å². The SMILES string of the molecule is CC(C)(C)[Si](C)(C)OCCOc1ccc(C=CC(=O)O)cc1OCCO[Si](C)(C)C(C)(C)C. The molecule has 0 atom stereocenters. The predicted molar refractivity (Wildman–Crippen MR) is 140 cm³/mol. The van der Waals surface area contributed by atoms with Gasteiger partial charge in [0.05, 0.1) is 13.2 Å². The fraction of sp³-hybridized carbons (Fsp3) is 0.640. The van der Waals surface area contributed by atoms with Gasteiger partial charge in [-0.05, 0) is 60.0 Å². The summed E-state index contributed by atoms with van der Waals surface area (Å²) in [5, 5.41) is 9.19. The molecule has 8 heteroatoms. The number of ether oxygens (including phenoxy) is 2. The van der Waals surface area contributed by atoms with Crippen molar-refractivity contribution in [3.63, 3.8) is 0 Å². The molecule has 0 saturated carbocycles. The number of carboxylic acids is 1. The van der Waals surface area contributed by atoms with Crippen LogP contribution in [0.25, 0.3) is 6.08 Å². The first kappa shape index (κ1) is 29.4. The molecule has 1 N–H and O–H groups in total. The number of hydrogen-bond acceptors (Lipinski definition) is 5. The molecule has 1 rings (SSSR count). The topological polar surface area (TPSA) is 74.2 Å². The summed E-state index contributed by atoms with van der Waals surface area (Å²) < 4.78 is 24.4. The lowest BCUT2D eigenvalue weighted by molar-refractivity contribution is -0.131. The van der Waals surface area contributed by atoms with Crippen LogP contribution in [0.4, 0.5) is 0 Å². The zero-order chi connectivity index (χ0) is 25.5. The van der Waals surface area contributed by atoms with E-state index in [9.17, 15) is 4.79 Å². The number of aliphatic carboxylic acids is 1. The van der Waals surface area contributed by atoms with Crippen LogP contribution in [0.3, 0.4) is 0 Å². The van der Waals surface area contributed by atoms with Crippen molar-refractivity contribution in [2.45, 2.75) is 77.8 Å². The highest BCUT2D eigenvalue weighted by Gasteiger charge is 2.37. The summed E-state index contributed by atoms with van der Waals surface area (Å²) in [6.45, 7) is 23.9. The highest BCUT2D eigenvalue weighted by Crippen LogP contribution is 2.37. The molecular formula is C25H44O6Si2. The van der Waals surface area contributed by atoms with Gasteiger partial charge in [-0.3, -0.25) is 0 Å². The fourth-order valence-electron chi connectivity index (χ4n) is 2.36. The van der Waals surface area contributed by atoms with Crippen LogP contribution in [0.1, 0.15) is 47.1 Å². The lowest BCUT2D eigenvalue weighted by Crippen LogP contribution is -2.41. The van der Waals surface area contributed by atoms with Gasteiger partial charge >= 0.3 is 5.97 Å². The smallest absolute Gasteiger partial charge is 0.328 e. The zero-order valence-electron chi connectivity index (χ0n) is 22.2. The molecule has 0 spiro atoms. The van der Waals surface area contributed by atoms with E-state index >= 15 is 0 Å². The van der Waals surface area contributed by atoms with Gasteiger partial charge in [0, 0.05) is 6.08 Å². The summed E-state index contributed by atoms with van der Waals surface area (Å²) in [6.07, 6.45) is 2.64. The molecule has 0 aliphatic rings. The molecule has 188 valence electrons. The maximum absolute atomic E-state index is 10.9. The van der Waals surface area contributed by atoms with E-state index in [0.29, 0.717) is 37.9 Å². The van der Waals surface area contributed by atoms with E-state index in [1.54, 1.807) is 12.1 Å². The van der Waals surface area contributed by atoms with Crippen molar-refractivity contribution in [1.82, 2.24) is 0 Å². The minimum absolute atomic E-state index is 0.132. The molecule has 0 aliphatic heterocycles. The molecule has 0 amide bonds. The van der Waals surface area contributed by atoms with Gasteiger partial charge in [-0.2, -0.15) is 0 Å². The first-order chi connectivity index (χ1) is 15.0.